The van der Waals surface area contributed by atoms with Crippen LogP contribution in [0.15, 0.2) is 30.3 Å². The first-order valence-corrected chi connectivity index (χ1v) is 9.72. The lowest BCUT2D eigenvalue weighted by molar-refractivity contribution is -0.192. The van der Waals surface area contributed by atoms with Crippen LogP contribution < -0.4 is 5.73 Å². The summed E-state index contributed by atoms with van der Waals surface area (Å²) in [5, 5.41) is 7.12. The number of halogens is 3. The monoisotopic (exact) mass is 450 g/mol. The van der Waals surface area contributed by atoms with Crippen LogP contribution in [0.3, 0.4) is 0 Å². The summed E-state index contributed by atoms with van der Waals surface area (Å²) in [5.41, 5.74) is 6.35. The molecule has 0 spiro atoms. The van der Waals surface area contributed by atoms with Gasteiger partial charge in [0.2, 0.25) is 5.91 Å². The highest BCUT2D eigenvalue weighted by molar-refractivity contribution is 7.80. The summed E-state index contributed by atoms with van der Waals surface area (Å²) in [4.78, 5) is 34.3. The molecule has 7 nitrogen and oxygen atoms in total. The zero-order valence-electron chi connectivity index (χ0n) is 16.4. The molecule has 168 valence electrons. The van der Waals surface area contributed by atoms with Crippen LogP contribution >= 0.6 is 12.6 Å². The minimum Gasteiger partial charge on any atom is -0.475 e. The van der Waals surface area contributed by atoms with Gasteiger partial charge in [-0.2, -0.15) is 25.8 Å². The average molecular weight is 450 g/mol. The first-order valence-electron chi connectivity index (χ1n) is 9.09. The first kappa shape index (κ1) is 25.8. The van der Waals surface area contributed by atoms with Gasteiger partial charge in [-0.1, -0.05) is 30.3 Å². The van der Waals surface area contributed by atoms with E-state index in [2.05, 4.69) is 12.6 Å². The van der Waals surface area contributed by atoms with E-state index in [1.165, 1.54) is 6.92 Å². The van der Waals surface area contributed by atoms with Gasteiger partial charge in [0.25, 0.3) is 0 Å². The topological polar surface area (TPSA) is 110 Å². The average Bonchev–Trinajstić information content (AvgIpc) is 2.67. The van der Waals surface area contributed by atoms with E-state index in [1.807, 2.05) is 30.3 Å². The van der Waals surface area contributed by atoms with Gasteiger partial charge >= 0.3 is 18.1 Å². The Morgan fingerprint density at radius 3 is 2.13 bits per heavy atom. The molecule has 0 radical (unpaired) electrons. The number of ether oxygens (including phenoxy) is 1. The molecule has 0 bridgehead atoms. The number of likely N-dealkylation sites (tertiary alicyclic amines) is 1. The number of hydrogen-bond donors (Lipinski definition) is 3. The molecule has 2 rings (SSSR count). The third kappa shape index (κ3) is 8.23. The van der Waals surface area contributed by atoms with Crippen LogP contribution in [-0.2, 0) is 25.5 Å². The predicted octanol–water partition coefficient (Wildman–Crippen LogP) is 2.04. The number of carboxylic acids is 1. The van der Waals surface area contributed by atoms with Crippen molar-refractivity contribution < 1.29 is 37.4 Å². The molecule has 30 heavy (non-hydrogen) atoms. The molecule has 11 heteroatoms. The SMILES string of the molecule is CC(=O)OC1(Cc2ccccc2)CCN(C(=O)[C@@H](N)CS)CC1.O=C(O)C(F)(F)F. The van der Waals surface area contributed by atoms with Crippen molar-refractivity contribution in [3.63, 3.8) is 0 Å². The minimum atomic E-state index is -5.08. The fourth-order valence-electron chi connectivity index (χ4n) is 3.03. The van der Waals surface area contributed by atoms with E-state index >= 15 is 0 Å². The number of piperidine rings is 1. The largest absolute Gasteiger partial charge is 0.490 e. The number of alkyl halides is 3. The summed E-state index contributed by atoms with van der Waals surface area (Å²) in [6, 6.07) is 9.39. The molecular weight excluding hydrogens is 425 g/mol. The second-order valence-corrected chi connectivity index (χ2v) is 7.22. The van der Waals surface area contributed by atoms with Crippen LogP contribution in [0.4, 0.5) is 13.2 Å². The molecule has 1 atom stereocenters. The smallest absolute Gasteiger partial charge is 0.475 e. The van der Waals surface area contributed by atoms with Crippen molar-refractivity contribution in [2.75, 3.05) is 18.8 Å². The van der Waals surface area contributed by atoms with E-state index in [-0.39, 0.29) is 11.9 Å². The Hall–Kier alpha value is -2.27. The lowest BCUT2D eigenvalue weighted by Crippen LogP contribution is -2.53. The van der Waals surface area contributed by atoms with Gasteiger partial charge in [0.15, 0.2) is 0 Å². The number of nitrogens with two attached hydrogens (primary N) is 1. The molecule has 1 amide bonds. The van der Waals surface area contributed by atoms with Crippen molar-refractivity contribution in [3.8, 4) is 0 Å². The quantitative estimate of drug-likeness (QED) is 0.468. The fourth-order valence-corrected chi connectivity index (χ4v) is 3.19. The normalized spacial score (nSPS) is 16.7. The Labute approximate surface area is 177 Å². The lowest BCUT2D eigenvalue weighted by Gasteiger charge is -2.41. The molecular formula is C19H25F3N2O5S. The van der Waals surface area contributed by atoms with E-state index in [1.54, 1.807) is 4.90 Å². The van der Waals surface area contributed by atoms with Gasteiger partial charge in [-0.3, -0.25) is 9.59 Å². The molecule has 0 aromatic heterocycles. The molecule has 1 aliphatic heterocycles. The van der Waals surface area contributed by atoms with Crippen molar-refractivity contribution in [1.29, 1.82) is 0 Å². The van der Waals surface area contributed by atoms with E-state index < -0.39 is 23.8 Å². The second-order valence-electron chi connectivity index (χ2n) is 6.86. The summed E-state index contributed by atoms with van der Waals surface area (Å²) in [6.45, 7) is 2.52. The third-order valence-corrected chi connectivity index (χ3v) is 4.87. The highest BCUT2D eigenvalue weighted by Gasteiger charge is 2.39. The first-order chi connectivity index (χ1) is 13.9. The fraction of sp³-hybridized carbons (Fsp3) is 0.526. The van der Waals surface area contributed by atoms with Gasteiger partial charge in [-0.25, -0.2) is 4.79 Å². The van der Waals surface area contributed by atoms with Crippen molar-refractivity contribution >= 4 is 30.5 Å². The number of hydrogen-bond acceptors (Lipinski definition) is 6. The standard InChI is InChI=1S/C17H24N2O3S.C2HF3O2/c1-13(20)22-17(11-14-5-3-2-4-6-14)7-9-19(10-8-17)16(21)15(18)12-23;3-2(4,5)1(6)7/h2-6,15,23H,7-12,18H2,1H3;(H,6,7)/t15-;/m0./s1. The molecule has 0 unspecified atom stereocenters. The molecule has 1 saturated heterocycles. The van der Waals surface area contributed by atoms with Crippen LogP contribution in [-0.4, -0.2) is 64.5 Å². The molecule has 3 N–H and O–H groups in total. The summed E-state index contributed by atoms with van der Waals surface area (Å²) in [7, 11) is 0. The van der Waals surface area contributed by atoms with Gasteiger partial charge < -0.3 is 20.5 Å². The van der Waals surface area contributed by atoms with E-state index in [0.717, 1.165) is 5.56 Å². The number of nitrogens with zero attached hydrogens (tertiary/aromatic N) is 1. The number of aliphatic carboxylic acids is 1. The molecule has 1 aromatic carbocycles. The van der Waals surface area contributed by atoms with Crippen LogP contribution in [0.25, 0.3) is 0 Å². The number of thiol groups is 1. The number of carbonyl (C=O) groups is 3. The van der Waals surface area contributed by atoms with Gasteiger partial charge in [0.05, 0.1) is 6.04 Å². The van der Waals surface area contributed by atoms with Gasteiger partial charge in [-0.15, -0.1) is 0 Å². The van der Waals surface area contributed by atoms with Crippen LogP contribution in [0.2, 0.25) is 0 Å². The number of carboxylic acid groups (broad SMARTS) is 1. The highest BCUT2D eigenvalue weighted by atomic mass is 32.1. The van der Waals surface area contributed by atoms with Gasteiger partial charge in [-0.05, 0) is 5.56 Å². The van der Waals surface area contributed by atoms with E-state index in [9.17, 15) is 22.8 Å². The zero-order valence-corrected chi connectivity index (χ0v) is 17.3. The molecule has 1 fully saturated rings. The Kier molecular flexibility index (Phi) is 9.63. The maximum atomic E-state index is 12.2. The number of amides is 1. The molecule has 0 saturated carbocycles. The van der Waals surface area contributed by atoms with Crippen molar-refractivity contribution in [2.24, 2.45) is 5.73 Å². The van der Waals surface area contributed by atoms with Crippen LogP contribution in [0.5, 0.6) is 0 Å². The van der Waals surface area contributed by atoms with E-state index in [0.29, 0.717) is 38.1 Å². The summed E-state index contributed by atoms with van der Waals surface area (Å²) in [5.74, 6) is -2.80. The maximum Gasteiger partial charge on any atom is 0.490 e. The summed E-state index contributed by atoms with van der Waals surface area (Å²) >= 11 is 4.08. The Bertz CT molecular complexity index is 723. The highest BCUT2D eigenvalue weighted by Crippen LogP contribution is 2.31. The number of benzene rings is 1. The minimum absolute atomic E-state index is 0.0869. The van der Waals surface area contributed by atoms with Crippen molar-refractivity contribution in [1.82, 2.24) is 4.90 Å². The summed E-state index contributed by atoms with van der Waals surface area (Å²) < 4.78 is 37.4. The molecule has 0 aliphatic carbocycles. The maximum absolute atomic E-state index is 12.2. The second kappa shape index (κ2) is 11.2. The van der Waals surface area contributed by atoms with E-state index in [4.69, 9.17) is 20.4 Å². The number of carbonyl (C=O) groups excluding carboxylic acids is 2. The molecule has 1 heterocycles. The molecule has 1 aliphatic rings. The van der Waals surface area contributed by atoms with Crippen molar-refractivity contribution in [2.45, 2.75) is 44.0 Å². The van der Waals surface area contributed by atoms with Crippen molar-refractivity contribution in [3.05, 3.63) is 35.9 Å². The predicted molar refractivity (Wildman–Crippen MR) is 106 cm³/mol. The Morgan fingerprint density at radius 2 is 1.73 bits per heavy atom. The Morgan fingerprint density at radius 1 is 1.23 bits per heavy atom. The van der Waals surface area contributed by atoms with Crippen LogP contribution in [0.1, 0.15) is 25.3 Å². The zero-order chi connectivity index (χ0) is 22.9. The van der Waals surface area contributed by atoms with Gasteiger partial charge in [0.1, 0.15) is 5.60 Å². The lowest BCUT2D eigenvalue weighted by atomic mass is 9.84. The summed E-state index contributed by atoms with van der Waals surface area (Å²) in [6.07, 6.45) is -3.19. The number of esters is 1. The Balaban J connectivity index is 0.000000553. The van der Waals surface area contributed by atoms with Gasteiger partial charge in [0, 0.05) is 45.0 Å². The number of rotatable bonds is 5. The molecule has 1 aromatic rings. The van der Waals surface area contributed by atoms with Crippen LogP contribution in [0, 0.1) is 0 Å². The third-order valence-electron chi connectivity index (χ3n) is 4.47.